The van der Waals surface area contributed by atoms with Crippen molar-refractivity contribution in [3.8, 4) is 0 Å². The fraction of sp³-hybridized carbons (Fsp3) is 0.538. The fourth-order valence-electron chi connectivity index (χ4n) is 1.76. The van der Waals surface area contributed by atoms with Crippen molar-refractivity contribution in [1.29, 1.82) is 0 Å². The second-order valence-corrected chi connectivity index (χ2v) is 6.98. The van der Waals surface area contributed by atoms with Gasteiger partial charge in [0.05, 0.1) is 4.90 Å². The number of nitrogens with one attached hydrogen (secondary N) is 1. The van der Waals surface area contributed by atoms with Gasteiger partial charge in [0.25, 0.3) is 0 Å². The number of benzene rings is 1. The molecule has 0 heterocycles. The van der Waals surface area contributed by atoms with Crippen LogP contribution >= 0.6 is 0 Å². The van der Waals surface area contributed by atoms with Crippen molar-refractivity contribution in [2.24, 2.45) is 0 Å². The molecule has 0 bridgehead atoms. The normalized spacial score (nSPS) is 13.8. The van der Waals surface area contributed by atoms with E-state index in [2.05, 4.69) is 17.1 Å². The predicted molar refractivity (Wildman–Crippen MR) is 74.4 cm³/mol. The lowest BCUT2D eigenvalue weighted by atomic mass is 10.2. The van der Waals surface area contributed by atoms with E-state index >= 15 is 0 Å². The lowest BCUT2D eigenvalue weighted by Crippen LogP contribution is -2.35. The largest absolute Gasteiger partial charge is 0.309 e. The second-order valence-electron chi connectivity index (χ2n) is 4.96. The summed E-state index contributed by atoms with van der Waals surface area (Å²) in [5.74, 6) is 0. The summed E-state index contributed by atoms with van der Waals surface area (Å²) in [4.78, 5) is 2.50. The van der Waals surface area contributed by atoms with Crippen molar-refractivity contribution in [2.45, 2.75) is 24.4 Å². The van der Waals surface area contributed by atoms with Crippen molar-refractivity contribution in [3.05, 3.63) is 29.8 Å². The smallest absolute Gasteiger partial charge is 0.175 e. The van der Waals surface area contributed by atoms with Gasteiger partial charge in [0.1, 0.15) is 0 Å². The van der Waals surface area contributed by atoms with Crippen LogP contribution in [0.15, 0.2) is 29.2 Å². The van der Waals surface area contributed by atoms with E-state index in [0.717, 1.165) is 18.7 Å². The number of rotatable bonds is 6. The van der Waals surface area contributed by atoms with Crippen LogP contribution in [0.2, 0.25) is 0 Å². The Labute approximate surface area is 110 Å². The summed E-state index contributed by atoms with van der Waals surface area (Å²) >= 11 is 0. The lowest BCUT2D eigenvalue weighted by Gasteiger charge is -2.18. The first-order valence-corrected chi connectivity index (χ1v) is 7.85. The van der Waals surface area contributed by atoms with Gasteiger partial charge in [-0.25, -0.2) is 8.42 Å². The molecule has 0 aliphatic carbocycles. The second kappa shape index (κ2) is 6.31. The van der Waals surface area contributed by atoms with Crippen molar-refractivity contribution in [3.63, 3.8) is 0 Å². The first kappa shape index (κ1) is 15.1. The van der Waals surface area contributed by atoms with E-state index in [-0.39, 0.29) is 0 Å². The van der Waals surface area contributed by atoms with Gasteiger partial charge in [0.2, 0.25) is 0 Å². The summed E-state index contributed by atoms with van der Waals surface area (Å²) < 4.78 is 22.6. The zero-order valence-corrected chi connectivity index (χ0v) is 12.3. The van der Waals surface area contributed by atoms with Gasteiger partial charge < -0.3 is 10.2 Å². The molecule has 0 aliphatic heterocycles. The van der Waals surface area contributed by atoms with Gasteiger partial charge in [-0.15, -0.1) is 0 Å². The molecule has 0 amide bonds. The van der Waals surface area contributed by atoms with Gasteiger partial charge in [-0.1, -0.05) is 12.1 Å². The van der Waals surface area contributed by atoms with Crippen LogP contribution in [0.4, 0.5) is 0 Å². The summed E-state index contributed by atoms with van der Waals surface area (Å²) in [7, 11) is 0.988. The molecule has 0 fully saturated rings. The molecular formula is C13H22N2O2S. The van der Waals surface area contributed by atoms with Gasteiger partial charge in [0.15, 0.2) is 9.84 Å². The monoisotopic (exact) mass is 270 g/mol. The van der Waals surface area contributed by atoms with Gasteiger partial charge in [-0.05, 0) is 38.7 Å². The van der Waals surface area contributed by atoms with E-state index in [1.807, 2.05) is 26.2 Å². The number of hydrogen-bond donors (Lipinski definition) is 1. The number of nitrogens with zero attached hydrogens (tertiary/aromatic N) is 1. The molecule has 0 saturated carbocycles. The maximum Gasteiger partial charge on any atom is 0.175 e. The molecule has 0 spiro atoms. The van der Waals surface area contributed by atoms with Crippen molar-refractivity contribution >= 4 is 9.84 Å². The predicted octanol–water partition coefficient (Wildman–Crippen LogP) is 1.13. The van der Waals surface area contributed by atoms with E-state index < -0.39 is 9.84 Å². The molecular weight excluding hydrogens is 248 g/mol. The Morgan fingerprint density at radius 2 is 1.78 bits per heavy atom. The van der Waals surface area contributed by atoms with Crippen LogP contribution in [0.3, 0.4) is 0 Å². The third-order valence-electron chi connectivity index (χ3n) is 2.65. The highest BCUT2D eigenvalue weighted by Gasteiger charge is 2.07. The Hall–Kier alpha value is -0.910. The van der Waals surface area contributed by atoms with E-state index in [4.69, 9.17) is 0 Å². The van der Waals surface area contributed by atoms with Crippen LogP contribution in [0.5, 0.6) is 0 Å². The number of likely N-dealkylation sites (N-methyl/N-ethyl adjacent to an activating group) is 1. The molecule has 18 heavy (non-hydrogen) atoms. The van der Waals surface area contributed by atoms with Crippen molar-refractivity contribution < 1.29 is 8.42 Å². The van der Waals surface area contributed by atoms with Gasteiger partial charge in [0, 0.05) is 25.4 Å². The molecule has 1 aromatic rings. The minimum absolute atomic E-state index is 0.368. The van der Waals surface area contributed by atoms with Gasteiger partial charge in [-0.3, -0.25) is 0 Å². The van der Waals surface area contributed by atoms with Crippen LogP contribution < -0.4 is 5.32 Å². The van der Waals surface area contributed by atoms with Crippen molar-refractivity contribution in [2.75, 3.05) is 26.9 Å². The average molecular weight is 270 g/mol. The summed E-state index contributed by atoms with van der Waals surface area (Å²) in [5.41, 5.74) is 1.09. The Balaban J connectivity index is 2.55. The standard InChI is InChI=1S/C13H22N2O2S/c1-11(10-15(2)3)14-9-12-5-7-13(8-6-12)18(4,16)17/h5-8,11,14H,9-10H2,1-4H3. The quantitative estimate of drug-likeness (QED) is 0.842. The maximum atomic E-state index is 11.3. The van der Waals surface area contributed by atoms with E-state index in [1.54, 1.807) is 12.1 Å². The molecule has 1 atom stereocenters. The van der Waals surface area contributed by atoms with Gasteiger partial charge in [-0.2, -0.15) is 0 Å². The topological polar surface area (TPSA) is 49.4 Å². The summed E-state index contributed by atoms with van der Waals surface area (Å²) in [5, 5.41) is 3.40. The maximum absolute atomic E-state index is 11.3. The third-order valence-corrected chi connectivity index (χ3v) is 3.77. The van der Waals surface area contributed by atoms with E-state index in [1.165, 1.54) is 6.26 Å². The third kappa shape index (κ3) is 5.16. The van der Waals surface area contributed by atoms with Crippen LogP contribution in [0.25, 0.3) is 0 Å². The highest BCUT2D eigenvalue weighted by Crippen LogP contribution is 2.10. The van der Waals surface area contributed by atoms with Gasteiger partial charge >= 0.3 is 0 Å². The zero-order valence-electron chi connectivity index (χ0n) is 11.5. The molecule has 0 aliphatic rings. The SMILES string of the molecule is CC(CN(C)C)NCc1ccc(S(C)(=O)=O)cc1. The Morgan fingerprint density at radius 3 is 2.22 bits per heavy atom. The molecule has 0 saturated heterocycles. The summed E-state index contributed by atoms with van der Waals surface area (Å²) in [6, 6.07) is 7.42. The number of sulfone groups is 1. The highest BCUT2D eigenvalue weighted by molar-refractivity contribution is 7.90. The Bertz CT molecular complexity index is 466. The molecule has 1 unspecified atom stereocenters. The summed E-state index contributed by atoms with van der Waals surface area (Å²) in [6.07, 6.45) is 1.22. The molecule has 0 aromatic heterocycles. The molecule has 5 heteroatoms. The summed E-state index contributed by atoms with van der Waals surface area (Å²) in [6.45, 7) is 3.85. The van der Waals surface area contributed by atoms with Crippen LogP contribution in [0, 0.1) is 0 Å². The minimum atomic E-state index is -3.09. The van der Waals surface area contributed by atoms with Crippen LogP contribution in [-0.4, -0.2) is 46.3 Å². The average Bonchev–Trinajstić information content (AvgIpc) is 2.25. The molecule has 1 rings (SSSR count). The zero-order chi connectivity index (χ0) is 13.8. The van der Waals surface area contributed by atoms with Crippen LogP contribution in [-0.2, 0) is 16.4 Å². The minimum Gasteiger partial charge on any atom is -0.309 e. The molecule has 1 aromatic carbocycles. The first-order valence-electron chi connectivity index (χ1n) is 5.96. The van der Waals surface area contributed by atoms with E-state index in [0.29, 0.717) is 10.9 Å². The fourth-order valence-corrected chi connectivity index (χ4v) is 2.39. The molecule has 1 N–H and O–H groups in total. The van der Waals surface area contributed by atoms with Crippen LogP contribution in [0.1, 0.15) is 12.5 Å². The molecule has 0 radical (unpaired) electrons. The van der Waals surface area contributed by atoms with Crippen molar-refractivity contribution in [1.82, 2.24) is 10.2 Å². The molecule has 4 nitrogen and oxygen atoms in total. The Morgan fingerprint density at radius 1 is 1.22 bits per heavy atom. The first-order chi connectivity index (χ1) is 8.29. The van der Waals surface area contributed by atoms with E-state index in [9.17, 15) is 8.42 Å². The highest BCUT2D eigenvalue weighted by atomic mass is 32.2. The lowest BCUT2D eigenvalue weighted by molar-refractivity contribution is 0.349. The number of hydrogen-bond acceptors (Lipinski definition) is 4. The Kier molecular flexibility index (Phi) is 5.31. The molecule has 102 valence electrons.